The fourth-order valence-electron chi connectivity index (χ4n) is 3.59. The summed E-state index contributed by atoms with van der Waals surface area (Å²) in [6, 6.07) is 0. The maximum Gasteiger partial charge on any atom is 0.191 e. The first-order valence-corrected chi connectivity index (χ1v) is 12.4. The van der Waals surface area contributed by atoms with Gasteiger partial charge in [-0.1, -0.05) is 27.7 Å². The van der Waals surface area contributed by atoms with Crippen LogP contribution in [0.25, 0.3) is 0 Å². The molecular formula is C18H34O3SSi. The van der Waals surface area contributed by atoms with Gasteiger partial charge in [-0.05, 0) is 62.0 Å². The van der Waals surface area contributed by atoms with Gasteiger partial charge in [0.2, 0.25) is 0 Å². The number of aliphatic hydroxyl groups excluding tert-OH is 1. The quantitative estimate of drug-likeness (QED) is 0.507. The summed E-state index contributed by atoms with van der Waals surface area (Å²) < 4.78 is 12.7. The Hall–Kier alpha value is 0.0269. The van der Waals surface area contributed by atoms with Crippen LogP contribution in [0.4, 0.5) is 0 Å². The minimum Gasteiger partial charge on any atom is -0.502 e. The van der Waals surface area contributed by atoms with Crippen molar-refractivity contribution in [2.24, 2.45) is 17.8 Å². The minimum atomic E-state index is -1.71. The first-order chi connectivity index (χ1) is 10.5. The first kappa shape index (κ1) is 19.4. The van der Waals surface area contributed by atoms with Crippen LogP contribution in [0.2, 0.25) is 18.1 Å². The third-order valence-corrected chi connectivity index (χ3v) is 11.3. The van der Waals surface area contributed by atoms with Crippen LogP contribution in [0.5, 0.6) is 0 Å². The second-order valence-corrected chi connectivity index (χ2v) is 14.2. The highest BCUT2D eigenvalue weighted by atomic mass is 32.1. The number of hydrogen-bond donors (Lipinski definition) is 1. The highest BCUT2D eigenvalue weighted by Crippen LogP contribution is 2.47. The molecule has 0 aromatic rings. The molecule has 2 fully saturated rings. The molecule has 0 radical (unpaired) electrons. The first-order valence-electron chi connectivity index (χ1n) is 9.05. The molecule has 0 amide bonds. The topological polar surface area (TPSA) is 38.7 Å². The lowest BCUT2D eigenvalue weighted by atomic mass is 9.76. The monoisotopic (exact) mass is 358 g/mol. The van der Waals surface area contributed by atoms with E-state index in [1.165, 1.54) is 12.8 Å². The van der Waals surface area contributed by atoms with E-state index in [4.69, 9.17) is 21.4 Å². The Morgan fingerprint density at radius 1 is 1.26 bits per heavy atom. The third-order valence-electron chi connectivity index (χ3n) is 6.39. The van der Waals surface area contributed by atoms with E-state index in [9.17, 15) is 5.11 Å². The predicted molar refractivity (Wildman–Crippen MR) is 102 cm³/mol. The highest BCUT2D eigenvalue weighted by Gasteiger charge is 2.49. The van der Waals surface area contributed by atoms with Crippen LogP contribution in [0.1, 0.15) is 53.4 Å². The predicted octanol–water partition coefficient (Wildman–Crippen LogP) is 5.10. The van der Waals surface area contributed by atoms with Crippen molar-refractivity contribution in [2.75, 3.05) is 6.61 Å². The van der Waals surface area contributed by atoms with Gasteiger partial charge in [-0.15, -0.1) is 0 Å². The summed E-state index contributed by atoms with van der Waals surface area (Å²) in [7, 11) is -1.71. The van der Waals surface area contributed by atoms with Crippen molar-refractivity contribution >= 4 is 25.6 Å². The molecule has 1 unspecified atom stereocenters. The van der Waals surface area contributed by atoms with E-state index in [1.807, 2.05) is 6.92 Å². The maximum absolute atomic E-state index is 9.47. The van der Waals surface area contributed by atoms with E-state index in [-0.39, 0.29) is 16.0 Å². The molecule has 5 heteroatoms. The van der Waals surface area contributed by atoms with Gasteiger partial charge in [0, 0.05) is 18.4 Å². The molecular weight excluding hydrogens is 324 g/mol. The molecule has 0 spiro atoms. The lowest BCUT2D eigenvalue weighted by Gasteiger charge is -2.38. The Morgan fingerprint density at radius 3 is 2.35 bits per heavy atom. The van der Waals surface area contributed by atoms with Crippen molar-refractivity contribution in [3.63, 3.8) is 0 Å². The Labute approximate surface area is 148 Å². The molecule has 2 rings (SSSR count). The zero-order valence-electron chi connectivity index (χ0n) is 15.6. The van der Waals surface area contributed by atoms with Gasteiger partial charge in [-0.3, -0.25) is 0 Å². The average Bonchev–Trinajstić information content (AvgIpc) is 3.01. The normalized spacial score (nSPS) is 32.3. The van der Waals surface area contributed by atoms with Crippen LogP contribution in [0, 0.1) is 17.8 Å². The number of thiocarbonyl (C=S) groups is 1. The van der Waals surface area contributed by atoms with E-state index in [0.717, 1.165) is 19.4 Å². The van der Waals surface area contributed by atoms with E-state index in [0.29, 0.717) is 24.0 Å². The zero-order chi connectivity index (χ0) is 17.4. The van der Waals surface area contributed by atoms with E-state index in [2.05, 4.69) is 33.9 Å². The van der Waals surface area contributed by atoms with Crippen LogP contribution in [0.15, 0.2) is 0 Å². The second-order valence-electron chi connectivity index (χ2n) is 9.01. The molecule has 5 atom stereocenters. The van der Waals surface area contributed by atoms with Gasteiger partial charge in [-0.2, -0.15) is 0 Å². The molecule has 2 heterocycles. The smallest absolute Gasteiger partial charge is 0.191 e. The molecule has 0 saturated carbocycles. The lowest BCUT2D eigenvalue weighted by Crippen LogP contribution is -2.44. The molecule has 0 aliphatic carbocycles. The van der Waals surface area contributed by atoms with Gasteiger partial charge in [0.1, 0.15) is 0 Å². The zero-order valence-corrected chi connectivity index (χ0v) is 17.4. The summed E-state index contributed by atoms with van der Waals surface area (Å²) in [4.78, 5) is 0. The molecule has 2 aliphatic rings. The lowest BCUT2D eigenvalue weighted by molar-refractivity contribution is 0.0794. The summed E-state index contributed by atoms with van der Waals surface area (Å²) in [6.07, 6.45) is 5.17. The molecule has 0 aromatic carbocycles. The van der Waals surface area contributed by atoms with Crippen molar-refractivity contribution < 1.29 is 14.3 Å². The molecule has 134 valence electrons. The fourth-order valence-corrected chi connectivity index (χ4v) is 4.75. The number of hydrogen-bond acceptors (Lipinski definition) is 3. The van der Waals surface area contributed by atoms with Gasteiger partial charge in [0.05, 0.1) is 12.2 Å². The van der Waals surface area contributed by atoms with Crippen LogP contribution >= 0.6 is 12.2 Å². The van der Waals surface area contributed by atoms with Gasteiger partial charge in [0.15, 0.2) is 13.4 Å². The highest BCUT2D eigenvalue weighted by molar-refractivity contribution is 7.80. The van der Waals surface area contributed by atoms with Crippen molar-refractivity contribution in [3.8, 4) is 0 Å². The van der Waals surface area contributed by atoms with Crippen molar-refractivity contribution in [3.05, 3.63) is 0 Å². The van der Waals surface area contributed by atoms with Crippen molar-refractivity contribution in [2.45, 2.75) is 83.7 Å². The fraction of sp³-hybridized carbons (Fsp3) is 0.944. The molecule has 0 aromatic heterocycles. The average molecular weight is 359 g/mol. The number of ether oxygens (including phenoxy) is 1. The van der Waals surface area contributed by atoms with Gasteiger partial charge < -0.3 is 14.3 Å². The van der Waals surface area contributed by atoms with Crippen LogP contribution in [-0.2, 0) is 9.16 Å². The summed E-state index contributed by atoms with van der Waals surface area (Å²) in [5.74, 6) is 1.18. The molecule has 2 aliphatic heterocycles. The van der Waals surface area contributed by atoms with Crippen LogP contribution < -0.4 is 0 Å². The molecule has 23 heavy (non-hydrogen) atoms. The Bertz CT molecular complexity index is 432. The summed E-state index contributed by atoms with van der Waals surface area (Å²) in [5, 5.41) is 9.86. The summed E-state index contributed by atoms with van der Waals surface area (Å²) in [6.45, 7) is 14.4. The molecule has 2 saturated heterocycles. The maximum atomic E-state index is 9.47. The number of rotatable bonds is 7. The summed E-state index contributed by atoms with van der Waals surface area (Å²) >= 11 is 4.90. The number of aliphatic hydroxyl groups is 1. The Balaban J connectivity index is 1.94. The Morgan fingerprint density at radius 2 is 1.83 bits per heavy atom. The third kappa shape index (κ3) is 4.36. The minimum absolute atomic E-state index is 0.103. The molecule has 1 N–H and O–H groups in total. The largest absolute Gasteiger partial charge is 0.502 e. The molecule has 3 nitrogen and oxygen atoms in total. The van der Waals surface area contributed by atoms with Crippen molar-refractivity contribution in [1.82, 2.24) is 0 Å². The Kier molecular flexibility index (Phi) is 5.98. The van der Waals surface area contributed by atoms with Crippen LogP contribution in [0.3, 0.4) is 0 Å². The van der Waals surface area contributed by atoms with E-state index >= 15 is 0 Å². The van der Waals surface area contributed by atoms with E-state index < -0.39 is 8.32 Å². The number of fused-ring (bicyclic) bond motifs is 2. The van der Waals surface area contributed by atoms with Gasteiger partial charge >= 0.3 is 0 Å². The van der Waals surface area contributed by atoms with Gasteiger partial charge in [0.25, 0.3) is 0 Å². The molecule has 2 bridgehead atoms. The SMILES string of the molecule is C[C@@H](CCC1[C@@H]2CC[C@@H](O2)[C@@H]1CO[Si](C)(C)C(C)(C)C)C(O)=S. The second kappa shape index (κ2) is 7.10. The van der Waals surface area contributed by atoms with Gasteiger partial charge in [-0.25, -0.2) is 0 Å². The van der Waals surface area contributed by atoms with Crippen molar-refractivity contribution in [1.29, 1.82) is 0 Å². The standard InChI is InChI=1S/C18H34O3SSi/c1-12(17(19)22)7-8-13-14(16-10-9-15(13)21-16)11-20-23(5,6)18(2,3)4/h12-16H,7-11H2,1-6H3,(H,19,22)/t12-,13?,14+,15-,16+/m0/s1. The van der Waals surface area contributed by atoms with Crippen LogP contribution in [-0.4, -0.2) is 37.3 Å². The van der Waals surface area contributed by atoms with E-state index in [1.54, 1.807) is 0 Å². The summed E-state index contributed by atoms with van der Waals surface area (Å²) in [5.41, 5.74) is 0.